The van der Waals surface area contributed by atoms with Gasteiger partial charge in [-0.2, -0.15) is 0 Å². The van der Waals surface area contributed by atoms with E-state index in [1.807, 2.05) is 7.11 Å². The SMILES string of the molecule is C[O][Ti]([C]1=C(C)C=CC1)[C]1=C(C)C=CC1. The van der Waals surface area contributed by atoms with E-state index in [0.29, 0.717) is 0 Å². The summed E-state index contributed by atoms with van der Waals surface area (Å²) in [4.78, 5) is 0. The first-order valence-electron chi connectivity index (χ1n) is 5.38. The van der Waals surface area contributed by atoms with Gasteiger partial charge < -0.3 is 0 Å². The van der Waals surface area contributed by atoms with Crippen LogP contribution in [0, 0.1) is 0 Å². The first kappa shape index (κ1) is 11.1. The first-order valence-corrected chi connectivity index (χ1v) is 7.58. The molecule has 0 aromatic rings. The van der Waals surface area contributed by atoms with Crippen LogP contribution in [0.1, 0.15) is 26.7 Å². The second-order valence-corrected chi connectivity index (χ2v) is 7.62. The van der Waals surface area contributed by atoms with Gasteiger partial charge in [-0.05, 0) is 0 Å². The van der Waals surface area contributed by atoms with Crippen LogP contribution in [0.2, 0.25) is 0 Å². The van der Waals surface area contributed by atoms with E-state index in [2.05, 4.69) is 38.2 Å². The van der Waals surface area contributed by atoms with Crippen molar-refractivity contribution in [3.05, 3.63) is 43.2 Å². The maximum atomic E-state index is 5.83. The standard InChI is InChI=1S/2C6H7.CH3O.Ti/c2*1-6-4-2-3-5-6;1-2;/h2*2,4H,3H2,1H3;1H3;/q;;-1;+1. The van der Waals surface area contributed by atoms with Crippen molar-refractivity contribution in [3.63, 3.8) is 0 Å². The molecule has 0 radical (unpaired) electrons. The van der Waals surface area contributed by atoms with Crippen molar-refractivity contribution in [1.29, 1.82) is 0 Å². The van der Waals surface area contributed by atoms with Gasteiger partial charge in [0.25, 0.3) is 0 Å². The minimum absolute atomic E-state index is 1.12. The molecular weight excluding hydrogens is 220 g/mol. The second kappa shape index (κ2) is 4.65. The average molecular weight is 237 g/mol. The van der Waals surface area contributed by atoms with Gasteiger partial charge in [-0.3, -0.25) is 0 Å². The summed E-state index contributed by atoms with van der Waals surface area (Å²) in [6, 6.07) is 0. The fourth-order valence-electron chi connectivity index (χ4n) is 2.20. The third-order valence-corrected chi connectivity index (χ3v) is 7.30. The molecule has 0 bridgehead atoms. The zero-order valence-electron chi connectivity index (χ0n) is 9.63. The zero-order chi connectivity index (χ0) is 10.8. The van der Waals surface area contributed by atoms with Crippen LogP contribution in [0.5, 0.6) is 0 Å². The van der Waals surface area contributed by atoms with Crippen molar-refractivity contribution in [2.75, 3.05) is 7.11 Å². The minimum atomic E-state index is -1.60. The van der Waals surface area contributed by atoms with E-state index in [4.69, 9.17) is 3.32 Å². The van der Waals surface area contributed by atoms with Crippen molar-refractivity contribution in [2.45, 2.75) is 26.7 Å². The Kier molecular flexibility index (Phi) is 3.45. The van der Waals surface area contributed by atoms with Crippen LogP contribution < -0.4 is 0 Å². The summed E-state index contributed by atoms with van der Waals surface area (Å²) >= 11 is -1.60. The molecule has 79 valence electrons. The van der Waals surface area contributed by atoms with Crippen LogP contribution in [0.25, 0.3) is 0 Å². The summed E-state index contributed by atoms with van der Waals surface area (Å²) in [5.41, 5.74) is 2.89. The Bertz CT molecular complexity index is 349. The molecule has 2 heteroatoms. The maximum absolute atomic E-state index is 5.83. The van der Waals surface area contributed by atoms with E-state index < -0.39 is 18.3 Å². The Hall–Kier alpha value is -0.366. The molecule has 0 spiro atoms. The third kappa shape index (κ3) is 2.10. The molecule has 2 aliphatic rings. The summed E-state index contributed by atoms with van der Waals surface area (Å²) < 4.78 is 9.02. The van der Waals surface area contributed by atoms with E-state index >= 15 is 0 Å². The molecule has 0 N–H and O–H groups in total. The summed E-state index contributed by atoms with van der Waals surface area (Å²) in [6.07, 6.45) is 11.2. The molecule has 0 heterocycles. The molecular formula is C13H17OTi. The van der Waals surface area contributed by atoms with Crippen molar-refractivity contribution in [1.82, 2.24) is 0 Å². The summed E-state index contributed by atoms with van der Waals surface area (Å²) in [5, 5.41) is 0. The van der Waals surface area contributed by atoms with Gasteiger partial charge in [0.2, 0.25) is 0 Å². The van der Waals surface area contributed by atoms with Gasteiger partial charge in [-0.1, -0.05) is 0 Å². The second-order valence-electron chi connectivity index (χ2n) is 4.07. The van der Waals surface area contributed by atoms with E-state index in [1.165, 1.54) is 11.1 Å². The fraction of sp³-hybridized carbons (Fsp3) is 0.385. The van der Waals surface area contributed by atoms with Crippen molar-refractivity contribution < 1.29 is 21.6 Å². The Labute approximate surface area is 98.5 Å². The molecule has 0 amide bonds. The quantitative estimate of drug-likeness (QED) is 0.681. The third-order valence-electron chi connectivity index (χ3n) is 3.08. The van der Waals surface area contributed by atoms with Gasteiger partial charge >= 0.3 is 98.6 Å². The fourth-order valence-corrected chi connectivity index (χ4v) is 5.87. The molecule has 0 atom stereocenters. The van der Waals surface area contributed by atoms with E-state index in [1.54, 1.807) is 7.76 Å². The van der Waals surface area contributed by atoms with Gasteiger partial charge in [0, 0.05) is 0 Å². The van der Waals surface area contributed by atoms with Crippen molar-refractivity contribution in [2.24, 2.45) is 0 Å². The Morgan fingerprint density at radius 1 is 1.00 bits per heavy atom. The normalized spacial score (nSPS) is 19.7. The van der Waals surface area contributed by atoms with Gasteiger partial charge in [-0.25, -0.2) is 0 Å². The van der Waals surface area contributed by atoms with Crippen LogP contribution in [0.3, 0.4) is 0 Å². The Morgan fingerprint density at radius 2 is 1.47 bits per heavy atom. The van der Waals surface area contributed by atoms with Crippen LogP contribution in [-0.2, 0) is 21.6 Å². The predicted octanol–water partition coefficient (Wildman–Crippen LogP) is 3.63. The molecule has 0 fully saturated rings. The van der Waals surface area contributed by atoms with Crippen molar-refractivity contribution >= 4 is 0 Å². The molecule has 1 nitrogen and oxygen atoms in total. The molecule has 2 rings (SSSR count). The molecule has 0 unspecified atom stereocenters. The molecule has 0 saturated heterocycles. The molecule has 2 aliphatic carbocycles. The molecule has 0 aliphatic heterocycles. The first-order chi connectivity index (χ1) is 7.24. The van der Waals surface area contributed by atoms with Gasteiger partial charge in [0.05, 0.1) is 0 Å². The summed E-state index contributed by atoms with van der Waals surface area (Å²) in [7, 11) is 1.88. The average Bonchev–Trinajstić information content (AvgIpc) is 2.80. The number of allylic oxidation sites excluding steroid dienone is 8. The van der Waals surface area contributed by atoms with Gasteiger partial charge in [-0.15, -0.1) is 0 Å². The Balaban J connectivity index is 2.26. The van der Waals surface area contributed by atoms with E-state index in [9.17, 15) is 0 Å². The molecule has 0 saturated carbocycles. The van der Waals surface area contributed by atoms with Crippen LogP contribution in [0.4, 0.5) is 0 Å². The summed E-state index contributed by atoms with van der Waals surface area (Å²) in [6.45, 7) is 4.42. The molecule has 0 aromatic heterocycles. The zero-order valence-corrected chi connectivity index (χ0v) is 11.2. The predicted molar refractivity (Wildman–Crippen MR) is 59.9 cm³/mol. The van der Waals surface area contributed by atoms with Gasteiger partial charge in [0.15, 0.2) is 0 Å². The van der Waals surface area contributed by atoms with Crippen LogP contribution >= 0.6 is 0 Å². The van der Waals surface area contributed by atoms with Gasteiger partial charge in [0.1, 0.15) is 0 Å². The number of rotatable bonds is 3. The summed E-state index contributed by atoms with van der Waals surface area (Å²) in [5.74, 6) is 0. The number of hydrogen-bond donors (Lipinski definition) is 0. The monoisotopic (exact) mass is 237 g/mol. The van der Waals surface area contributed by atoms with E-state index in [-0.39, 0.29) is 0 Å². The van der Waals surface area contributed by atoms with Crippen LogP contribution in [0.15, 0.2) is 43.2 Å². The van der Waals surface area contributed by atoms with E-state index in [0.717, 1.165) is 12.8 Å². The van der Waals surface area contributed by atoms with Crippen molar-refractivity contribution in [3.8, 4) is 0 Å². The van der Waals surface area contributed by atoms with Crippen LogP contribution in [-0.4, -0.2) is 7.11 Å². The number of hydrogen-bond acceptors (Lipinski definition) is 1. The molecule has 0 aromatic carbocycles. The Morgan fingerprint density at radius 3 is 1.73 bits per heavy atom. The molecule has 15 heavy (non-hydrogen) atoms. The topological polar surface area (TPSA) is 9.23 Å².